The van der Waals surface area contributed by atoms with E-state index in [4.69, 9.17) is 0 Å². The van der Waals surface area contributed by atoms with Crippen LogP contribution >= 0.6 is 27.7 Å². The zero-order valence-corrected chi connectivity index (χ0v) is 22.0. The maximum atomic E-state index is 12.8. The molecule has 0 saturated heterocycles. The first kappa shape index (κ1) is 26.4. The van der Waals surface area contributed by atoms with Gasteiger partial charge in [0.25, 0.3) is 11.6 Å². The summed E-state index contributed by atoms with van der Waals surface area (Å²) in [6, 6.07) is 10.7. The SMILES string of the molecule is Cc1cc(Br)ccc1NC(=O)CSc1nnc([C@H](NC(=O)c2cccc([N+](=O)[O-])c2)C(C)C)n1C. The van der Waals surface area contributed by atoms with Gasteiger partial charge in [0.1, 0.15) is 0 Å². The Kier molecular flexibility index (Phi) is 8.62. The van der Waals surface area contributed by atoms with Gasteiger partial charge >= 0.3 is 0 Å². The number of nitrogens with one attached hydrogen (secondary N) is 2. The number of hydrogen-bond donors (Lipinski definition) is 2. The number of amides is 2. The Labute approximate surface area is 215 Å². The smallest absolute Gasteiger partial charge is 0.270 e. The number of hydrogen-bond acceptors (Lipinski definition) is 7. The fraction of sp³-hybridized carbons (Fsp3) is 0.304. The van der Waals surface area contributed by atoms with E-state index in [1.54, 1.807) is 11.6 Å². The number of aromatic nitrogens is 3. The quantitative estimate of drug-likeness (QED) is 0.221. The van der Waals surface area contributed by atoms with Gasteiger partial charge in [-0.25, -0.2) is 0 Å². The van der Waals surface area contributed by atoms with Crippen LogP contribution in [-0.2, 0) is 11.8 Å². The second kappa shape index (κ2) is 11.5. The second-order valence-corrected chi connectivity index (χ2v) is 10.1. The van der Waals surface area contributed by atoms with Crippen molar-refractivity contribution < 1.29 is 14.5 Å². The van der Waals surface area contributed by atoms with Crippen molar-refractivity contribution in [2.24, 2.45) is 13.0 Å². The van der Waals surface area contributed by atoms with Gasteiger partial charge in [-0.2, -0.15) is 0 Å². The van der Waals surface area contributed by atoms with Crippen LogP contribution in [0.5, 0.6) is 0 Å². The van der Waals surface area contributed by atoms with Gasteiger partial charge in [-0.3, -0.25) is 19.7 Å². The molecule has 0 aliphatic heterocycles. The number of benzene rings is 2. The van der Waals surface area contributed by atoms with Gasteiger partial charge in [0.05, 0.1) is 16.7 Å². The number of aryl methyl sites for hydroxylation is 1. The van der Waals surface area contributed by atoms with E-state index in [0.29, 0.717) is 11.0 Å². The molecule has 0 unspecified atom stereocenters. The van der Waals surface area contributed by atoms with Gasteiger partial charge in [-0.15, -0.1) is 10.2 Å². The van der Waals surface area contributed by atoms with Crippen LogP contribution in [0, 0.1) is 23.0 Å². The number of halogens is 1. The van der Waals surface area contributed by atoms with Gasteiger partial charge in [0.2, 0.25) is 5.91 Å². The standard InChI is InChI=1S/C23H25BrN6O4S/c1-13(2)20(26-22(32)15-6-5-7-17(11-15)30(33)34)21-27-28-23(29(21)4)35-12-19(31)25-18-9-8-16(24)10-14(18)3/h5-11,13,20H,12H2,1-4H3,(H,25,31)(H,26,32)/t20-/m1/s1. The number of anilines is 1. The first-order chi connectivity index (χ1) is 16.6. The molecule has 2 amide bonds. The molecule has 1 heterocycles. The van der Waals surface area contributed by atoms with E-state index in [9.17, 15) is 19.7 Å². The molecule has 2 aromatic carbocycles. The van der Waals surface area contributed by atoms with E-state index in [1.165, 1.54) is 36.0 Å². The molecule has 2 N–H and O–H groups in total. The molecule has 3 aromatic rings. The van der Waals surface area contributed by atoms with Gasteiger partial charge in [-0.1, -0.05) is 47.6 Å². The van der Waals surface area contributed by atoms with E-state index < -0.39 is 16.9 Å². The molecule has 12 heteroatoms. The zero-order chi connectivity index (χ0) is 25.7. The summed E-state index contributed by atoms with van der Waals surface area (Å²) in [6.07, 6.45) is 0. The fourth-order valence-corrected chi connectivity index (χ4v) is 4.51. The Morgan fingerprint density at radius 1 is 1.20 bits per heavy atom. The average molecular weight is 561 g/mol. The second-order valence-electron chi connectivity index (χ2n) is 8.20. The number of nitro benzene ring substituents is 1. The Balaban J connectivity index is 1.69. The van der Waals surface area contributed by atoms with Crippen molar-refractivity contribution in [3.63, 3.8) is 0 Å². The van der Waals surface area contributed by atoms with Crippen LogP contribution in [0.2, 0.25) is 0 Å². The van der Waals surface area contributed by atoms with Crippen LogP contribution in [0.15, 0.2) is 52.1 Å². The molecule has 0 spiro atoms. The maximum Gasteiger partial charge on any atom is 0.270 e. The number of nitrogens with zero attached hydrogens (tertiary/aromatic N) is 4. The molecule has 1 atom stereocenters. The van der Waals surface area contributed by atoms with Crippen LogP contribution < -0.4 is 10.6 Å². The minimum atomic E-state index is -0.545. The van der Waals surface area contributed by atoms with Crippen LogP contribution in [0.4, 0.5) is 11.4 Å². The molecular weight excluding hydrogens is 536 g/mol. The summed E-state index contributed by atoms with van der Waals surface area (Å²) < 4.78 is 2.67. The summed E-state index contributed by atoms with van der Waals surface area (Å²) in [5.74, 6) is -0.0147. The van der Waals surface area contributed by atoms with Crippen molar-refractivity contribution in [2.45, 2.75) is 32.0 Å². The van der Waals surface area contributed by atoms with Gasteiger partial charge < -0.3 is 15.2 Å². The predicted octanol–water partition coefficient (Wildman–Crippen LogP) is 4.65. The van der Waals surface area contributed by atoms with Gasteiger partial charge in [-0.05, 0) is 42.7 Å². The first-order valence-electron chi connectivity index (χ1n) is 10.7. The van der Waals surface area contributed by atoms with Crippen molar-refractivity contribution in [1.29, 1.82) is 0 Å². The topological polar surface area (TPSA) is 132 Å². The third-order valence-corrected chi connectivity index (χ3v) is 6.73. The Morgan fingerprint density at radius 3 is 2.60 bits per heavy atom. The summed E-state index contributed by atoms with van der Waals surface area (Å²) in [5.41, 5.74) is 1.70. The molecule has 3 rings (SSSR count). The summed E-state index contributed by atoms with van der Waals surface area (Å²) in [6.45, 7) is 5.76. The third-order valence-electron chi connectivity index (χ3n) is 5.21. The van der Waals surface area contributed by atoms with Crippen molar-refractivity contribution in [2.75, 3.05) is 11.1 Å². The highest BCUT2D eigenvalue weighted by molar-refractivity contribution is 9.10. The van der Waals surface area contributed by atoms with Crippen LogP contribution in [0.3, 0.4) is 0 Å². The number of thioether (sulfide) groups is 1. The summed E-state index contributed by atoms with van der Waals surface area (Å²) >= 11 is 4.64. The lowest BCUT2D eigenvalue weighted by Crippen LogP contribution is -2.33. The highest BCUT2D eigenvalue weighted by Gasteiger charge is 2.26. The van der Waals surface area contributed by atoms with E-state index in [2.05, 4.69) is 36.8 Å². The number of carbonyl (C=O) groups is 2. The largest absolute Gasteiger partial charge is 0.342 e. The maximum absolute atomic E-state index is 12.8. The molecule has 1 aromatic heterocycles. The van der Waals surface area contributed by atoms with Crippen molar-refractivity contribution in [1.82, 2.24) is 20.1 Å². The first-order valence-corrected chi connectivity index (χ1v) is 12.5. The lowest BCUT2D eigenvalue weighted by Gasteiger charge is -2.21. The van der Waals surface area contributed by atoms with Crippen LogP contribution in [0.25, 0.3) is 0 Å². The summed E-state index contributed by atoms with van der Waals surface area (Å²) in [4.78, 5) is 35.8. The fourth-order valence-electron chi connectivity index (χ4n) is 3.32. The van der Waals surface area contributed by atoms with E-state index in [0.717, 1.165) is 15.7 Å². The van der Waals surface area contributed by atoms with Crippen LogP contribution in [0.1, 0.15) is 41.6 Å². The average Bonchev–Trinajstić information content (AvgIpc) is 3.17. The van der Waals surface area contributed by atoms with E-state index in [1.807, 2.05) is 39.0 Å². The zero-order valence-electron chi connectivity index (χ0n) is 19.6. The number of rotatable bonds is 9. The molecule has 0 aliphatic carbocycles. The summed E-state index contributed by atoms with van der Waals surface area (Å²) in [7, 11) is 1.77. The summed E-state index contributed by atoms with van der Waals surface area (Å²) in [5, 5.41) is 25.8. The van der Waals surface area contributed by atoms with Crippen molar-refractivity contribution in [3.05, 3.63) is 74.0 Å². The molecule has 0 bridgehead atoms. The lowest BCUT2D eigenvalue weighted by atomic mass is 10.0. The molecule has 0 fully saturated rings. The molecule has 184 valence electrons. The molecule has 10 nitrogen and oxygen atoms in total. The predicted molar refractivity (Wildman–Crippen MR) is 137 cm³/mol. The van der Waals surface area contributed by atoms with E-state index >= 15 is 0 Å². The highest BCUT2D eigenvalue weighted by atomic mass is 79.9. The van der Waals surface area contributed by atoms with Crippen molar-refractivity contribution in [3.8, 4) is 0 Å². The van der Waals surface area contributed by atoms with Crippen LogP contribution in [-0.4, -0.2) is 37.3 Å². The Morgan fingerprint density at radius 2 is 1.94 bits per heavy atom. The Bertz CT molecular complexity index is 1260. The lowest BCUT2D eigenvalue weighted by molar-refractivity contribution is -0.384. The number of nitro groups is 1. The normalized spacial score (nSPS) is 11.8. The molecule has 0 aliphatic rings. The minimum Gasteiger partial charge on any atom is -0.342 e. The van der Waals surface area contributed by atoms with Gasteiger partial charge in [0.15, 0.2) is 11.0 Å². The third kappa shape index (κ3) is 6.67. The number of carbonyl (C=O) groups excluding carboxylic acids is 2. The van der Waals surface area contributed by atoms with Crippen molar-refractivity contribution >= 4 is 50.9 Å². The molecule has 0 saturated carbocycles. The monoisotopic (exact) mass is 560 g/mol. The minimum absolute atomic E-state index is 0.0397. The highest BCUT2D eigenvalue weighted by Crippen LogP contribution is 2.25. The molecule has 0 radical (unpaired) electrons. The number of non-ortho nitro benzene ring substituents is 1. The Hall–Kier alpha value is -3.25. The van der Waals surface area contributed by atoms with E-state index in [-0.39, 0.29) is 28.8 Å². The molecule has 35 heavy (non-hydrogen) atoms. The van der Waals surface area contributed by atoms with Gasteiger partial charge in [0, 0.05) is 34.9 Å². The molecular formula is C23H25BrN6O4S.